The van der Waals surface area contributed by atoms with Crippen molar-refractivity contribution in [1.29, 1.82) is 0 Å². The van der Waals surface area contributed by atoms with E-state index < -0.39 is 0 Å². The van der Waals surface area contributed by atoms with Crippen LogP contribution in [0.15, 0.2) is 16.6 Å². The first-order valence-electron chi connectivity index (χ1n) is 9.82. The van der Waals surface area contributed by atoms with Crippen molar-refractivity contribution in [2.75, 3.05) is 39.9 Å². The minimum atomic E-state index is 0. The molecule has 0 spiro atoms. The van der Waals surface area contributed by atoms with Crippen LogP contribution in [0, 0.1) is 0 Å². The highest BCUT2D eigenvalue weighted by molar-refractivity contribution is 14.0. The molecule has 1 saturated carbocycles. The lowest BCUT2D eigenvalue weighted by Gasteiger charge is -2.36. The van der Waals surface area contributed by atoms with E-state index in [1.165, 1.54) is 57.2 Å². The molecule has 0 bridgehead atoms. The second-order valence-corrected chi connectivity index (χ2v) is 7.33. The number of piperidine rings is 1. The quantitative estimate of drug-likeness (QED) is 0.286. The summed E-state index contributed by atoms with van der Waals surface area (Å²) < 4.78 is 5.36. The number of nitrogens with zero attached hydrogens (tertiary/aromatic N) is 2. The standard InChI is InChI=1S/C19H34N4O.HI/c1-20-19(21-11-6-16-9-14-24-15-10-16)22-17-7-12-23(13-8-17)18-4-2-3-5-18;/h9,17-18H,2-8,10-15H2,1H3,(H2,20,21,22);1H. The number of ether oxygens (including phenoxy) is 1. The van der Waals surface area contributed by atoms with Crippen molar-refractivity contribution in [3.63, 3.8) is 0 Å². The van der Waals surface area contributed by atoms with Crippen molar-refractivity contribution in [1.82, 2.24) is 15.5 Å². The zero-order chi connectivity index (χ0) is 16.6. The topological polar surface area (TPSA) is 48.9 Å². The number of aliphatic imine (C=N–C) groups is 1. The smallest absolute Gasteiger partial charge is 0.191 e. The van der Waals surface area contributed by atoms with Crippen LogP contribution in [0.25, 0.3) is 0 Å². The molecule has 0 unspecified atom stereocenters. The van der Waals surface area contributed by atoms with Crippen LogP contribution in [0.1, 0.15) is 51.4 Å². The molecular weight excluding hydrogens is 427 g/mol. The Bertz CT molecular complexity index is 441. The highest BCUT2D eigenvalue weighted by atomic mass is 127. The maximum Gasteiger partial charge on any atom is 0.191 e. The molecule has 0 atom stereocenters. The number of rotatable bonds is 5. The average Bonchev–Trinajstić information content (AvgIpc) is 3.17. The van der Waals surface area contributed by atoms with Gasteiger partial charge in [-0.1, -0.05) is 24.5 Å². The molecule has 2 fully saturated rings. The van der Waals surface area contributed by atoms with Crippen molar-refractivity contribution in [2.24, 2.45) is 4.99 Å². The van der Waals surface area contributed by atoms with Gasteiger partial charge >= 0.3 is 0 Å². The summed E-state index contributed by atoms with van der Waals surface area (Å²) >= 11 is 0. The summed E-state index contributed by atoms with van der Waals surface area (Å²) in [5.41, 5.74) is 1.51. The Kier molecular flexibility index (Phi) is 9.55. The van der Waals surface area contributed by atoms with Gasteiger partial charge in [-0.15, -0.1) is 24.0 Å². The van der Waals surface area contributed by atoms with Crippen molar-refractivity contribution in [3.8, 4) is 0 Å². The predicted octanol–water partition coefficient (Wildman–Crippen LogP) is 2.91. The van der Waals surface area contributed by atoms with Crippen LogP contribution >= 0.6 is 24.0 Å². The summed E-state index contributed by atoms with van der Waals surface area (Å²) in [5, 5.41) is 7.10. The van der Waals surface area contributed by atoms with Crippen LogP contribution < -0.4 is 10.6 Å². The normalized spacial score (nSPS) is 23.9. The number of likely N-dealkylation sites (tertiary alicyclic amines) is 1. The molecule has 0 amide bonds. The van der Waals surface area contributed by atoms with E-state index in [9.17, 15) is 0 Å². The van der Waals surface area contributed by atoms with Crippen LogP contribution in [0.3, 0.4) is 0 Å². The molecule has 3 aliphatic rings. The second kappa shape index (κ2) is 11.4. The molecular formula is C19H35IN4O. The van der Waals surface area contributed by atoms with Crippen molar-refractivity contribution >= 4 is 29.9 Å². The third-order valence-corrected chi connectivity index (χ3v) is 5.73. The Morgan fingerprint density at radius 3 is 2.64 bits per heavy atom. The summed E-state index contributed by atoms with van der Waals surface area (Å²) in [6.45, 7) is 5.09. The van der Waals surface area contributed by atoms with Crippen LogP contribution in [-0.2, 0) is 4.74 Å². The molecule has 0 aromatic rings. The van der Waals surface area contributed by atoms with E-state index in [-0.39, 0.29) is 24.0 Å². The Balaban J connectivity index is 0.00000225. The first-order valence-corrected chi connectivity index (χ1v) is 9.82. The number of nitrogens with one attached hydrogen (secondary N) is 2. The van der Waals surface area contributed by atoms with E-state index in [1.807, 2.05) is 7.05 Å². The molecule has 0 aromatic carbocycles. The maximum atomic E-state index is 5.36. The summed E-state index contributed by atoms with van der Waals surface area (Å²) in [6.07, 6.45) is 12.6. The van der Waals surface area contributed by atoms with Gasteiger partial charge in [-0.2, -0.15) is 0 Å². The fourth-order valence-electron chi connectivity index (χ4n) is 4.20. The zero-order valence-corrected chi connectivity index (χ0v) is 18.0. The van der Waals surface area contributed by atoms with Gasteiger partial charge in [-0.3, -0.25) is 4.99 Å². The Labute approximate surface area is 170 Å². The predicted molar refractivity (Wildman–Crippen MR) is 115 cm³/mol. The lowest BCUT2D eigenvalue weighted by Crippen LogP contribution is -2.50. The molecule has 1 aliphatic carbocycles. The molecule has 5 nitrogen and oxygen atoms in total. The minimum Gasteiger partial charge on any atom is -0.377 e. The third kappa shape index (κ3) is 6.71. The summed E-state index contributed by atoms with van der Waals surface area (Å²) in [6, 6.07) is 1.44. The number of hydrogen-bond acceptors (Lipinski definition) is 3. The lowest BCUT2D eigenvalue weighted by atomic mass is 10.0. The fourth-order valence-corrected chi connectivity index (χ4v) is 4.20. The molecule has 144 valence electrons. The first-order chi connectivity index (χ1) is 11.8. The lowest BCUT2D eigenvalue weighted by molar-refractivity contribution is 0.150. The molecule has 0 aromatic heterocycles. The third-order valence-electron chi connectivity index (χ3n) is 5.73. The highest BCUT2D eigenvalue weighted by Crippen LogP contribution is 2.26. The van der Waals surface area contributed by atoms with Crippen molar-refractivity contribution < 1.29 is 4.74 Å². The van der Waals surface area contributed by atoms with E-state index in [4.69, 9.17) is 4.74 Å². The molecule has 1 saturated heterocycles. The van der Waals surface area contributed by atoms with E-state index >= 15 is 0 Å². The highest BCUT2D eigenvalue weighted by Gasteiger charge is 2.27. The molecule has 2 heterocycles. The summed E-state index contributed by atoms with van der Waals surface area (Å²) in [5.74, 6) is 0.960. The number of halogens is 1. The molecule has 2 aliphatic heterocycles. The molecule has 0 radical (unpaired) electrons. The fraction of sp³-hybridized carbons (Fsp3) is 0.842. The van der Waals surface area contributed by atoms with Gasteiger partial charge in [0.2, 0.25) is 0 Å². The zero-order valence-electron chi connectivity index (χ0n) is 15.6. The van der Waals surface area contributed by atoms with Gasteiger partial charge in [0, 0.05) is 38.8 Å². The second-order valence-electron chi connectivity index (χ2n) is 7.33. The van der Waals surface area contributed by atoms with Gasteiger partial charge in [-0.05, 0) is 38.5 Å². The van der Waals surface area contributed by atoms with Gasteiger partial charge in [0.15, 0.2) is 5.96 Å². The Hall–Kier alpha value is -0.340. The Morgan fingerprint density at radius 1 is 1.24 bits per heavy atom. The van der Waals surface area contributed by atoms with Crippen molar-refractivity contribution in [3.05, 3.63) is 11.6 Å². The van der Waals surface area contributed by atoms with Gasteiger partial charge in [0.1, 0.15) is 0 Å². The molecule has 3 rings (SSSR count). The summed E-state index contributed by atoms with van der Waals surface area (Å²) in [4.78, 5) is 7.12. The minimum absolute atomic E-state index is 0. The molecule has 25 heavy (non-hydrogen) atoms. The first kappa shape index (κ1) is 21.0. The maximum absolute atomic E-state index is 5.36. The van der Waals surface area contributed by atoms with Gasteiger partial charge in [-0.25, -0.2) is 0 Å². The summed E-state index contributed by atoms with van der Waals surface area (Å²) in [7, 11) is 1.87. The van der Waals surface area contributed by atoms with Crippen LogP contribution in [0.5, 0.6) is 0 Å². The average molecular weight is 462 g/mol. The molecule has 2 N–H and O–H groups in total. The van der Waals surface area contributed by atoms with E-state index in [0.29, 0.717) is 6.04 Å². The monoisotopic (exact) mass is 462 g/mol. The van der Waals surface area contributed by atoms with Crippen LogP contribution in [-0.4, -0.2) is 62.8 Å². The SMILES string of the molecule is CN=C(NCCC1=CCOCC1)NC1CCN(C2CCCC2)CC1.I. The van der Waals surface area contributed by atoms with E-state index in [0.717, 1.165) is 44.6 Å². The van der Waals surface area contributed by atoms with E-state index in [1.54, 1.807) is 0 Å². The molecule has 6 heteroatoms. The number of guanidine groups is 1. The van der Waals surface area contributed by atoms with E-state index in [2.05, 4.69) is 26.6 Å². The largest absolute Gasteiger partial charge is 0.377 e. The van der Waals surface area contributed by atoms with Gasteiger partial charge in [0.05, 0.1) is 13.2 Å². The Morgan fingerprint density at radius 2 is 2.00 bits per heavy atom. The van der Waals surface area contributed by atoms with Crippen LogP contribution in [0.4, 0.5) is 0 Å². The number of hydrogen-bond donors (Lipinski definition) is 2. The van der Waals surface area contributed by atoms with Crippen LogP contribution in [0.2, 0.25) is 0 Å². The van der Waals surface area contributed by atoms with Gasteiger partial charge in [0.25, 0.3) is 0 Å². The van der Waals surface area contributed by atoms with Gasteiger partial charge < -0.3 is 20.3 Å². The van der Waals surface area contributed by atoms with Crippen molar-refractivity contribution in [2.45, 2.75) is 63.5 Å².